The predicted molar refractivity (Wildman–Crippen MR) is 73.7 cm³/mol. The molecule has 2 N–H and O–H groups in total. The predicted octanol–water partition coefficient (Wildman–Crippen LogP) is 3.40. The third kappa shape index (κ3) is 7.24. The summed E-state index contributed by atoms with van der Waals surface area (Å²) in [6.07, 6.45) is 7.41. The van der Waals surface area contributed by atoms with Crippen molar-refractivity contribution in [2.45, 2.75) is 78.3 Å². The molecular weight excluding hydrogens is 196 g/mol. The van der Waals surface area contributed by atoms with Crippen LogP contribution in [0.4, 0.5) is 0 Å². The van der Waals surface area contributed by atoms with E-state index < -0.39 is 0 Å². The summed E-state index contributed by atoms with van der Waals surface area (Å²) in [4.78, 5) is 2.63. The summed E-state index contributed by atoms with van der Waals surface area (Å²) in [5, 5.41) is 0. The van der Waals surface area contributed by atoms with Crippen molar-refractivity contribution >= 4 is 0 Å². The number of unbranched alkanes of at least 4 members (excludes halogenated alkanes) is 1. The fourth-order valence-corrected chi connectivity index (χ4v) is 1.93. The van der Waals surface area contributed by atoms with Gasteiger partial charge >= 0.3 is 0 Å². The molecule has 0 rings (SSSR count). The molecule has 0 aliphatic rings. The minimum Gasteiger partial charge on any atom is -0.328 e. The first kappa shape index (κ1) is 15.9. The number of hydrogen-bond donors (Lipinski definition) is 1. The van der Waals surface area contributed by atoms with Gasteiger partial charge in [0.05, 0.1) is 0 Å². The smallest absolute Gasteiger partial charge is 0.00643 e. The highest BCUT2D eigenvalue weighted by Gasteiger charge is 2.11. The summed E-state index contributed by atoms with van der Waals surface area (Å²) >= 11 is 0. The van der Waals surface area contributed by atoms with Gasteiger partial charge in [0.15, 0.2) is 0 Å². The summed E-state index contributed by atoms with van der Waals surface area (Å²) in [7, 11) is 0. The molecule has 0 aliphatic heterocycles. The van der Waals surface area contributed by atoms with E-state index in [-0.39, 0.29) is 0 Å². The molecule has 0 radical (unpaired) electrons. The van der Waals surface area contributed by atoms with Crippen LogP contribution in [0.25, 0.3) is 0 Å². The van der Waals surface area contributed by atoms with Crippen LogP contribution in [0.1, 0.15) is 66.2 Å². The molecule has 2 atom stereocenters. The van der Waals surface area contributed by atoms with Crippen molar-refractivity contribution in [3.63, 3.8) is 0 Å². The average molecular weight is 228 g/mol. The van der Waals surface area contributed by atoms with Gasteiger partial charge in [0.1, 0.15) is 0 Å². The van der Waals surface area contributed by atoms with E-state index in [0.29, 0.717) is 6.04 Å². The quantitative estimate of drug-likeness (QED) is 0.621. The second kappa shape index (κ2) is 10.1. The molecule has 0 saturated heterocycles. The van der Waals surface area contributed by atoms with Crippen LogP contribution in [0.2, 0.25) is 0 Å². The maximum atomic E-state index is 5.95. The molecule has 0 saturated carbocycles. The van der Waals surface area contributed by atoms with Crippen LogP contribution >= 0.6 is 0 Å². The second-order valence-corrected chi connectivity index (χ2v) is 4.96. The number of rotatable bonds is 10. The largest absolute Gasteiger partial charge is 0.328 e. The monoisotopic (exact) mass is 228 g/mol. The van der Waals surface area contributed by atoms with E-state index >= 15 is 0 Å². The van der Waals surface area contributed by atoms with Crippen LogP contribution in [0.15, 0.2) is 0 Å². The Hall–Kier alpha value is -0.0800. The zero-order valence-electron chi connectivity index (χ0n) is 11.8. The van der Waals surface area contributed by atoms with Gasteiger partial charge in [-0.15, -0.1) is 0 Å². The molecule has 0 aromatic rings. The fourth-order valence-electron chi connectivity index (χ4n) is 1.93. The molecule has 0 aliphatic carbocycles. The van der Waals surface area contributed by atoms with Crippen LogP contribution in [0, 0.1) is 0 Å². The molecule has 2 nitrogen and oxygen atoms in total. The van der Waals surface area contributed by atoms with E-state index in [1.165, 1.54) is 45.2 Å². The molecule has 0 fully saturated rings. The lowest BCUT2D eigenvalue weighted by Gasteiger charge is -2.28. The molecule has 0 amide bonds. The topological polar surface area (TPSA) is 29.3 Å². The van der Waals surface area contributed by atoms with Crippen LogP contribution in [0.3, 0.4) is 0 Å². The third-order valence-corrected chi connectivity index (χ3v) is 3.56. The lowest BCUT2D eigenvalue weighted by atomic mass is 10.1. The first-order valence-electron chi connectivity index (χ1n) is 7.15. The van der Waals surface area contributed by atoms with E-state index in [0.717, 1.165) is 12.5 Å². The number of nitrogens with two attached hydrogens (primary N) is 1. The first-order valence-corrected chi connectivity index (χ1v) is 7.15. The Kier molecular flexibility index (Phi) is 10.0. The van der Waals surface area contributed by atoms with Crippen LogP contribution in [-0.4, -0.2) is 30.1 Å². The summed E-state index contributed by atoms with van der Waals surface area (Å²) in [6, 6.07) is 1.13. The van der Waals surface area contributed by atoms with Crippen molar-refractivity contribution < 1.29 is 0 Å². The lowest BCUT2D eigenvalue weighted by molar-refractivity contribution is 0.195. The van der Waals surface area contributed by atoms with E-state index in [1.54, 1.807) is 0 Å². The summed E-state index contributed by atoms with van der Waals surface area (Å²) in [6.45, 7) is 11.5. The lowest BCUT2D eigenvalue weighted by Crippen LogP contribution is -2.35. The second-order valence-electron chi connectivity index (χ2n) is 4.96. The Balaban J connectivity index is 3.82. The van der Waals surface area contributed by atoms with Crippen molar-refractivity contribution in [1.29, 1.82) is 0 Å². The molecule has 2 unspecified atom stereocenters. The van der Waals surface area contributed by atoms with Crippen molar-refractivity contribution in [2.75, 3.05) is 13.1 Å². The Morgan fingerprint density at radius 3 is 2.12 bits per heavy atom. The molecular formula is C14H32N2. The Bertz CT molecular complexity index is 148. The van der Waals surface area contributed by atoms with Gasteiger partial charge in [-0.1, -0.05) is 27.2 Å². The minimum absolute atomic E-state index is 0.407. The minimum atomic E-state index is 0.407. The molecule has 0 spiro atoms. The van der Waals surface area contributed by atoms with E-state index in [9.17, 15) is 0 Å². The molecule has 0 heterocycles. The van der Waals surface area contributed by atoms with Gasteiger partial charge in [-0.2, -0.15) is 0 Å². The maximum Gasteiger partial charge on any atom is 0.00643 e. The van der Waals surface area contributed by atoms with Crippen molar-refractivity contribution in [2.24, 2.45) is 5.73 Å². The summed E-state index contributed by atoms with van der Waals surface area (Å²) < 4.78 is 0. The van der Waals surface area contributed by atoms with Gasteiger partial charge in [0.25, 0.3) is 0 Å². The fraction of sp³-hybridized carbons (Fsp3) is 1.00. The SMILES string of the molecule is CCCCN(CCCC(N)CC)C(C)CC. The van der Waals surface area contributed by atoms with Gasteiger partial charge in [-0.05, 0) is 52.1 Å². The van der Waals surface area contributed by atoms with Crippen molar-refractivity contribution in [3.05, 3.63) is 0 Å². The van der Waals surface area contributed by atoms with Gasteiger partial charge in [0, 0.05) is 12.1 Å². The molecule has 0 aromatic heterocycles. The van der Waals surface area contributed by atoms with Crippen LogP contribution in [-0.2, 0) is 0 Å². The zero-order chi connectivity index (χ0) is 12.4. The number of hydrogen-bond acceptors (Lipinski definition) is 2. The Labute approximate surface area is 103 Å². The Morgan fingerprint density at radius 1 is 1.00 bits per heavy atom. The van der Waals surface area contributed by atoms with Gasteiger partial charge in [-0.25, -0.2) is 0 Å². The van der Waals surface area contributed by atoms with Crippen molar-refractivity contribution in [1.82, 2.24) is 4.90 Å². The number of nitrogens with zero attached hydrogens (tertiary/aromatic N) is 1. The highest BCUT2D eigenvalue weighted by Crippen LogP contribution is 2.08. The highest BCUT2D eigenvalue weighted by molar-refractivity contribution is 4.67. The van der Waals surface area contributed by atoms with E-state index in [1.807, 2.05) is 0 Å². The van der Waals surface area contributed by atoms with Crippen LogP contribution < -0.4 is 5.73 Å². The normalized spacial score (nSPS) is 15.4. The molecule has 0 aromatic carbocycles. The van der Waals surface area contributed by atoms with Gasteiger partial charge < -0.3 is 10.6 Å². The van der Waals surface area contributed by atoms with Gasteiger partial charge in [-0.3, -0.25) is 0 Å². The standard InChI is InChI=1S/C14H32N2/c1-5-8-11-16(13(4)6-2)12-9-10-14(15)7-3/h13-14H,5-12,15H2,1-4H3. The molecule has 2 heteroatoms. The highest BCUT2D eigenvalue weighted by atomic mass is 15.1. The molecule has 98 valence electrons. The molecule has 0 bridgehead atoms. The Morgan fingerprint density at radius 2 is 1.62 bits per heavy atom. The maximum absolute atomic E-state index is 5.95. The first-order chi connectivity index (χ1) is 7.65. The van der Waals surface area contributed by atoms with E-state index in [2.05, 4.69) is 32.6 Å². The van der Waals surface area contributed by atoms with Crippen LogP contribution in [0.5, 0.6) is 0 Å². The summed E-state index contributed by atoms with van der Waals surface area (Å²) in [5.74, 6) is 0. The zero-order valence-corrected chi connectivity index (χ0v) is 11.8. The third-order valence-electron chi connectivity index (χ3n) is 3.56. The summed E-state index contributed by atoms with van der Waals surface area (Å²) in [5.41, 5.74) is 5.95. The molecule has 16 heavy (non-hydrogen) atoms. The van der Waals surface area contributed by atoms with Gasteiger partial charge in [0.2, 0.25) is 0 Å². The van der Waals surface area contributed by atoms with E-state index in [4.69, 9.17) is 5.73 Å². The average Bonchev–Trinajstić information content (AvgIpc) is 2.32. The van der Waals surface area contributed by atoms with Crippen molar-refractivity contribution in [3.8, 4) is 0 Å².